The Kier molecular flexibility index (Phi) is 2.66. The minimum Gasteiger partial charge on any atom is -0.480 e. The van der Waals surface area contributed by atoms with Gasteiger partial charge in [-0.15, -0.1) is 5.10 Å². The van der Waals surface area contributed by atoms with Crippen LogP contribution in [0.15, 0.2) is 0 Å². The van der Waals surface area contributed by atoms with Crippen molar-refractivity contribution in [2.24, 2.45) is 7.05 Å². The maximum absolute atomic E-state index is 11.5. The number of anilines is 1. The van der Waals surface area contributed by atoms with E-state index in [1.807, 2.05) is 0 Å². The van der Waals surface area contributed by atoms with Crippen molar-refractivity contribution >= 4 is 17.9 Å². The van der Waals surface area contributed by atoms with E-state index >= 15 is 0 Å². The van der Waals surface area contributed by atoms with E-state index in [4.69, 9.17) is 5.11 Å². The Balaban J connectivity index is 1.95. The van der Waals surface area contributed by atoms with Crippen LogP contribution >= 0.6 is 0 Å². The molecule has 1 fully saturated rings. The summed E-state index contributed by atoms with van der Waals surface area (Å²) < 4.78 is 0. The molecule has 0 atom stereocenters. The molecule has 0 bridgehead atoms. The van der Waals surface area contributed by atoms with Crippen LogP contribution < -0.4 is 10.6 Å². The number of carbonyl (C=O) groups is 2. The number of aromatic nitrogens is 4. The minimum absolute atomic E-state index is 0.0323. The number of hydrogen-bond donors (Lipinski definition) is 3. The number of urea groups is 1. The number of aryl methyl sites for hydroxylation is 1. The normalized spacial score (nSPS) is 17.0. The Bertz CT molecular complexity index is 452. The van der Waals surface area contributed by atoms with Gasteiger partial charge >= 0.3 is 12.0 Å². The van der Waals surface area contributed by atoms with Gasteiger partial charge in [0.15, 0.2) is 0 Å². The number of hydrogen-bond acceptors (Lipinski definition) is 5. The number of nitrogens with zero attached hydrogens (tertiary/aromatic N) is 4. The maximum atomic E-state index is 11.5. The molecule has 1 saturated carbocycles. The quantitative estimate of drug-likeness (QED) is 0.644. The van der Waals surface area contributed by atoms with Crippen LogP contribution in [0.5, 0.6) is 0 Å². The van der Waals surface area contributed by atoms with E-state index in [-0.39, 0.29) is 5.95 Å². The third-order valence-corrected chi connectivity index (χ3v) is 2.70. The fraction of sp³-hybridized carbons (Fsp3) is 0.625. The number of carboxylic acid groups (broad SMARTS) is 1. The van der Waals surface area contributed by atoms with E-state index < -0.39 is 17.5 Å². The number of amides is 2. The SMILES string of the molecule is Cn1nnc(NC(=O)NC2(C(=O)O)CCC2)n1. The summed E-state index contributed by atoms with van der Waals surface area (Å²) in [7, 11) is 1.56. The van der Waals surface area contributed by atoms with Crippen LogP contribution in [0.4, 0.5) is 10.7 Å². The Morgan fingerprint density at radius 1 is 1.47 bits per heavy atom. The van der Waals surface area contributed by atoms with E-state index in [2.05, 4.69) is 26.0 Å². The Morgan fingerprint density at radius 2 is 2.18 bits per heavy atom. The molecule has 3 N–H and O–H groups in total. The zero-order valence-electron chi connectivity index (χ0n) is 9.17. The summed E-state index contributed by atoms with van der Waals surface area (Å²) in [4.78, 5) is 23.7. The van der Waals surface area contributed by atoms with Crippen molar-refractivity contribution in [3.05, 3.63) is 0 Å². The van der Waals surface area contributed by atoms with Gasteiger partial charge < -0.3 is 10.4 Å². The van der Waals surface area contributed by atoms with Gasteiger partial charge in [-0.3, -0.25) is 5.32 Å². The number of aliphatic carboxylic acids is 1. The van der Waals surface area contributed by atoms with Crippen molar-refractivity contribution in [1.82, 2.24) is 25.5 Å². The lowest BCUT2D eigenvalue weighted by atomic mass is 9.77. The molecule has 92 valence electrons. The molecule has 1 aromatic rings. The second kappa shape index (κ2) is 4.00. The van der Waals surface area contributed by atoms with Crippen LogP contribution in [-0.4, -0.2) is 42.9 Å². The predicted molar refractivity (Wildman–Crippen MR) is 55.2 cm³/mol. The van der Waals surface area contributed by atoms with Crippen molar-refractivity contribution in [3.8, 4) is 0 Å². The Labute approximate surface area is 96.2 Å². The standard InChI is InChI=1S/C8H12N6O3/c1-14-12-6(11-13-14)9-7(17)10-8(5(15)16)3-2-4-8/h2-4H2,1H3,(H,15,16)(H2,9,10,12,17). The summed E-state index contributed by atoms with van der Waals surface area (Å²) in [6.45, 7) is 0. The third kappa shape index (κ3) is 2.17. The van der Waals surface area contributed by atoms with Gasteiger partial charge in [0.2, 0.25) is 0 Å². The van der Waals surface area contributed by atoms with E-state index in [1.165, 1.54) is 4.80 Å². The number of carboxylic acids is 1. The summed E-state index contributed by atoms with van der Waals surface area (Å²) >= 11 is 0. The summed E-state index contributed by atoms with van der Waals surface area (Å²) in [5, 5.41) is 24.6. The topological polar surface area (TPSA) is 122 Å². The predicted octanol–water partition coefficient (Wildman–Crippen LogP) is -0.661. The fourth-order valence-corrected chi connectivity index (χ4v) is 1.61. The van der Waals surface area contributed by atoms with Gasteiger partial charge in [-0.1, -0.05) is 5.10 Å². The number of carbonyl (C=O) groups excluding carboxylic acids is 1. The molecule has 9 nitrogen and oxygen atoms in total. The maximum Gasteiger partial charge on any atom is 0.329 e. The lowest BCUT2D eigenvalue weighted by Crippen LogP contribution is -2.60. The van der Waals surface area contributed by atoms with Gasteiger partial charge in [-0.05, 0) is 24.5 Å². The molecule has 0 aliphatic heterocycles. The second-order valence-electron chi connectivity index (χ2n) is 3.92. The molecule has 1 heterocycles. The molecular weight excluding hydrogens is 228 g/mol. The molecule has 17 heavy (non-hydrogen) atoms. The van der Waals surface area contributed by atoms with Crippen LogP contribution in [0.25, 0.3) is 0 Å². The van der Waals surface area contributed by atoms with E-state index in [1.54, 1.807) is 7.05 Å². The molecule has 1 aromatic heterocycles. The van der Waals surface area contributed by atoms with Crippen LogP contribution in [0, 0.1) is 0 Å². The summed E-state index contributed by atoms with van der Waals surface area (Å²) in [5.41, 5.74) is -1.15. The smallest absolute Gasteiger partial charge is 0.329 e. The Morgan fingerprint density at radius 3 is 2.59 bits per heavy atom. The van der Waals surface area contributed by atoms with E-state index in [0.717, 1.165) is 6.42 Å². The second-order valence-corrected chi connectivity index (χ2v) is 3.92. The van der Waals surface area contributed by atoms with Crippen LogP contribution in [-0.2, 0) is 11.8 Å². The van der Waals surface area contributed by atoms with Gasteiger partial charge in [-0.25, -0.2) is 9.59 Å². The number of nitrogens with one attached hydrogen (secondary N) is 2. The average molecular weight is 240 g/mol. The molecule has 0 radical (unpaired) electrons. The van der Waals surface area contributed by atoms with Gasteiger partial charge in [0, 0.05) is 0 Å². The van der Waals surface area contributed by atoms with E-state index in [9.17, 15) is 9.59 Å². The minimum atomic E-state index is -1.15. The van der Waals surface area contributed by atoms with Crippen molar-refractivity contribution in [3.63, 3.8) is 0 Å². The monoisotopic (exact) mass is 240 g/mol. The first-order chi connectivity index (χ1) is 8.02. The molecule has 2 rings (SSSR count). The molecule has 1 aliphatic carbocycles. The van der Waals surface area contributed by atoms with Gasteiger partial charge in [0.05, 0.1) is 7.05 Å². The average Bonchev–Trinajstić information content (AvgIpc) is 2.57. The zero-order chi connectivity index (χ0) is 12.5. The first kappa shape index (κ1) is 11.3. The largest absolute Gasteiger partial charge is 0.480 e. The molecule has 2 amide bonds. The number of rotatable bonds is 3. The van der Waals surface area contributed by atoms with Gasteiger partial charge in [-0.2, -0.15) is 4.80 Å². The molecule has 1 aliphatic rings. The number of tetrazole rings is 1. The molecule has 0 saturated heterocycles. The summed E-state index contributed by atoms with van der Waals surface area (Å²) in [6, 6.07) is -0.639. The highest BCUT2D eigenvalue weighted by Crippen LogP contribution is 2.31. The summed E-state index contributed by atoms with van der Waals surface area (Å²) in [6.07, 6.45) is 1.66. The summed E-state index contributed by atoms with van der Waals surface area (Å²) in [5.74, 6) is -0.990. The van der Waals surface area contributed by atoms with Crippen molar-refractivity contribution in [1.29, 1.82) is 0 Å². The molecule has 0 spiro atoms. The van der Waals surface area contributed by atoms with Crippen molar-refractivity contribution < 1.29 is 14.7 Å². The van der Waals surface area contributed by atoms with Crippen LogP contribution in [0.3, 0.4) is 0 Å². The molecule has 0 unspecified atom stereocenters. The van der Waals surface area contributed by atoms with E-state index in [0.29, 0.717) is 12.8 Å². The first-order valence-corrected chi connectivity index (χ1v) is 5.08. The first-order valence-electron chi connectivity index (χ1n) is 5.08. The third-order valence-electron chi connectivity index (χ3n) is 2.70. The van der Waals surface area contributed by atoms with Gasteiger partial charge in [0.1, 0.15) is 5.54 Å². The molecule has 0 aromatic carbocycles. The highest BCUT2D eigenvalue weighted by atomic mass is 16.4. The lowest BCUT2D eigenvalue weighted by Gasteiger charge is -2.37. The van der Waals surface area contributed by atoms with Crippen LogP contribution in [0.2, 0.25) is 0 Å². The molecule has 9 heteroatoms. The van der Waals surface area contributed by atoms with Gasteiger partial charge in [0.25, 0.3) is 5.95 Å². The molecular formula is C8H12N6O3. The Hall–Kier alpha value is -2.19. The van der Waals surface area contributed by atoms with Crippen molar-refractivity contribution in [2.75, 3.05) is 5.32 Å². The highest BCUT2D eigenvalue weighted by molar-refractivity contribution is 5.93. The van der Waals surface area contributed by atoms with Crippen molar-refractivity contribution in [2.45, 2.75) is 24.8 Å². The zero-order valence-corrected chi connectivity index (χ0v) is 9.17. The fourth-order valence-electron chi connectivity index (χ4n) is 1.61. The lowest BCUT2D eigenvalue weighted by molar-refractivity contribution is -0.148. The highest BCUT2D eigenvalue weighted by Gasteiger charge is 2.45. The van der Waals surface area contributed by atoms with Crippen LogP contribution in [0.1, 0.15) is 19.3 Å².